The van der Waals surface area contributed by atoms with E-state index < -0.39 is 0 Å². The molecule has 24 heavy (non-hydrogen) atoms. The molecule has 2 aliphatic heterocycles. The Kier molecular flexibility index (Phi) is 5.90. The first-order valence-electron chi connectivity index (χ1n) is 9.33. The second-order valence-electron chi connectivity index (χ2n) is 7.50. The Morgan fingerprint density at radius 3 is 2.79 bits per heavy atom. The summed E-state index contributed by atoms with van der Waals surface area (Å²) in [5.74, 6) is 0.515. The number of ether oxygens (including phenoxy) is 1. The summed E-state index contributed by atoms with van der Waals surface area (Å²) < 4.78 is 5.73. The molecule has 0 bridgehead atoms. The van der Waals surface area contributed by atoms with Crippen LogP contribution in [0.1, 0.15) is 44.2 Å². The number of hydrogen-bond donors (Lipinski definition) is 1. The van der Waals surface area contributed by atoms with Crippen LogP contribution in [0.15, 0.2) is 24.3 Å². The molecule has 1 amide bonds. The molecule has 2 fully saturated rings. The topological polar surface area (TPSA) is 41.6 Å². The van der Waals surface area contributed by atoms with Crippen molar-refractivity contribution in [2.45, 2.75) is 52.3 Å². The predicted molar refractivity (Wildman–Crippen MR) is 95.5 cm³/mol. The molecular weight excluding hydrogens is 300 g/mol. The van der Waals surface area contributed by atoms with Crippen LogP contribution in [-0.4, -0.2) is 36.6 Å². The third-order valence-electron chi connectivity index (χ3n) is 5.19. The van der Waals surface area contributed by atoms with Gasteiger partial charge in [0.2, 0.25) is 5.91 Å². The van der Waals surface area contributed by atoms with E-state index >= 15 is 0 Å². The van der Waals surface area contributed by atoms with Gasteiger partial charge in [-0.05, 0) is 49.4 Å². The van der Waals surface area contributed by atoms with E-state index in [1.165, 1.54) is 37.1 Å². The van der Waals surface area contributed by atoms with Crippen molar-refractivity contribution in [2.24, 2.45) is 11.8 Å². The SMILES string of the molecule is CC(C)[C@H]1OCC[C@@H]1C(=O)NCc1cccc(CN2CCCC2)c1. The molecule has 4 nitrogen and oxygen atoms in total. The first-order valence-corrected chi connectivity index (χ1v) is 9.33. The summed E-state index contributed by atoms with van der Waals surface area (Å²) in [6, 6.07) is 8.61. The van der Waals surface area contributed by atoms with Crippen molar-refractivity contribution in [1.82, 2.24) is 10.2 Å². The molecule has 1 aromatic rings. The highest BCUT2D eigenvalue weighted by Gasteiger charge is 2.35. The summed E-state index contributed by atoms with van der Waals surface area (Å²) in [6.45, 7) is 8.99. The largest absolute Gasteiger partial charge is 0.377 e. The number of carbonyl (C=O) groups excluding carboxylic acids is 1. The van der Waals surface area contributed by atoms with E-state index in [-0.39, 0.29) is 17.9 Å². The molecule has 2 saturated heterocycles. The lowest BCUT2D eigenvalue weighted by Gasteiger charge is -2.21. The molecule has 132 valence electrons. The van der Waals surface area contributed by atoms with Gasteiger partial charge in [0.25, 0.3) is 0 Å². The maximum atomic E-state index is 12.5. The number of rotatable bonds is 6. The third kappa shape index (κ3) is 4.37. The van der Waals surface area contributed by atoms with Crippen LogP contribution in [-0.2, 0) is 22.6 Å². The van der Waals surface area contributed by atoms with Gasteiger partial charge in [-0.25, -0.2) is 0 Å². The van der Waals surface area contributed by atoms with E-state index in [4.69, 9.17) is 4.74 Å². The zero-order valence-electron chi connectivity index (χ0n) is 15.0. The summed E-state index contributed by atoms with van der Waals surface area (Å²) in [7, 11) is 0. The minimum Gasteiger partial charge on any atom is -0.377 e. The molecule has 0 aromatic heterocycles. The Morgan fingerprint density at radius 2 is 2.04 bits per heavy atom. The van der Waals surface area contributed by atoms with Crippen molar-refractivity contribution >= 4 is 5.91 Å². The Labute approximate surface area is 145 Å². The monoisotopic (exact) mass is 330 g/mol. The molecule has 4 heteroatoms. The fraction of sp³-hybridized carbons (Fsp3) is 0.650. The Hall–Kier alpha value is -1.39. The van der Waals surface area contributed by atoms with Crippen LogP contribution in [0.5, 0.6) is 0 Å². The van der Waals surface area contributed by atoms with Gasteiger partial charge in [-0.1, -0.05) is 38.1 Å². The molecule has 2 atom stereocenters. The first kappa shape index (κ1) is 17.4. The highest BCUT2D eigenvalue weighted by molar-refractivity contribution is 5.79. The van der Waals surface area contributed by atoms with Crippen LogP contribution in [0.3, 0.4) is 0 Å². The van der Waals surface area contributed by atoms with Gasteiger partial charge in [0.15, 0.2) is 0 Å². The molecule has 0 unspecified atom stereocenters. The quantitative estimate of drug-likeness (QED) is 0.872. The number of nitrogens with zero attached hydrogens (tertiary/aromatic N) is 1. The highest BCUT2D eigenvalue weighted by atomic mass is 16.5. The van der Waals surface area contributed by atoms with Crippen LogP contribution in [0.25, 0.3) is 0 Å². The summed E-state index contributed by atoms with van der Waals surface area (Å²) in [4.78, 5) is 15.0. The number of carbonyl (C=O) groups is 1. The molecule has 2 aliphatic rings. The smallest absolute Gasteiger partial charge is 0.226 e. The fourth-order valence-corrected chi connectivity index (χ4v) is 3.91. The number of amides is 1. The van der Waals surface area contributed by atoms with Gasteiger partial charge in [-0.15, -0.1) is 0 Å². The van der Waals surface area contributed by atoms with Crippen LogP contribution < -0.4 is 5.32 Å². The Morgan fingerprint density at radius 1 is 1.29 bits per heavy atom. The zero-order valence-corrected chi connectivity index (χ0v) is 15.0. The van der Waals surface area contributed by atoms with Crippen molar-refractivity contribution < 1.29 is 9.53 Å². The summed E-state index contributed by atoms with van der Waals surface area (Å²) in [5.41, 5.74) is 2.52. The van der Waals surface area contributed by atoms with Gasteiger partial charge in [-0.3, -0.25) is 9.69 Å². The van der Waals surface area contributed by atoms with E-state index in [0.717, 1.165) is 13.0 Å². The minimum atomic E-state index is -0.00205. The molecule has 0 spiro atoms. The average Bonchev–Trinajstić information content (AvgIpc) is 3.24. The molecule has 0 radical (unpaired) electrons. The number of nitrogens with one attached hydrogen (secondary N) is 1. The van der Waals surface area contributed by atoms with Gasteiger partial charge in [-0.2, -0.15) is 0 Å². The van der Waals surface area contributed by atoms with Gasteiger partial charge in [0.1, 0.15) is 0 Å². The van der Waals surface area contributed by atoms with Crippen molar-refractivity contribution in [1.29, 1.82) is 0 Å². The predicted octanol–water partition coefficient (Wildman–Crippen LogP) is 2.96. The van der Waals surface area contributed by atoms with Crippen LogP contribution in [0.2, 0.25) is 0 Å². The molecule has 0 aliphatic carbocycles. The van der Waals surface area contributed by atoms with E-state index in [9.17, 15) is 4.79 Å². The number of likely N-dealkylation sites (tertiary alicyclic amines) is 1. The van der Waals surface area contributed by atoms with Gasteiger partial charge in [0.05, 0.1) is 12.0 Å². The molecule has 2 heterocycles. The second kappa shape index (κ2) is 8.13. The average molecular weight is 330 g/mol. The van der Waals surface area contributed by atoms with Crippen molar-refractivity contribution in [3.05, 3.63) is 35.4 Å². The van der Waals surface area contributed by atoms with Crippen molar-refractivity contribution in [2.75, 3.05) is 19.7 Å². The maximum Gasteiger partial charge on any atom is 0.226 e. The Balaban J connectivity index is 1.53. The lowest BCUT2D eigenvalue weighted by Crippen LogP contribution is -2.37. The second-order valence-corrected chi connectivity index (χ2v) is 7.50. The van der Waals surface area contributed by atoms with E-state index in [1.54, 1.807) is 0 Å². The standard InChI is InChI=1S/C20H30N2O2/c1-15(2)19-18(8-11-24-19)20(23)21-13-16-6-5-7-17(12-16)14-22-9-3-4-10-22/h5-7,12,15,18-19H,3-4,8-11,13-14H2,1-2H3,(H,21,23)/t18-,19+/m0/s1. The number of benzene rings is 1. The molecule has 3 rings (SSSR count). The van der Waals surface area contributed by atoms with Gasteiger partial charge >= 0.3 is 0 Å². The third-order valence-corrected chi connectivity index (χ3v) is 5.19. The maximum absolute atomic E-state index is 12.5. The highest BCUT2D eigenvalue weighted by Crippen LogP contribution is 2.27. The van der Waals surface area contributed by atoms with Crippen LogP contribution >= 0.6 is 0 Å². The Bertz CT molecular complexity index is 552. The minimum absolute atomic E-state index is 0.00205. The van der Waals surface area contributed by atoms with Crippen molar-refractivity contribution in [3.63, 3.8) is 0 Å². The summed E-state index contributed by atoms with van der Waals surface area (Å²) in [5, 5.41) is 3.11. The summed E-state index contributed by atoms with van der Waals surface area (Å²) >= 11 is 0. The lowest BCUT2D eigenvalue weighted by atomic mass is 9.92. The molecule has 1 N–H and O–H groups in total. The van der Waals surface area contributed by atoms with E-state index in [2.05, 4.69) is 48.3 Å². The van der Waals surface area contributed by atoms with Gasteiger partial charge in [0, 0.05) is 19.7 Å². The number of hydrogen-bond acceptors (Lipinski definition) is 3. The molecular formula is C20H30N2O2. The first-order chi connectivity index (χ1) is 11.6. The van der Waals surface area contributed by atoms with E-state index in [1.807, 2.05) is 0 Å². The molecule has 0 saturated carbocycles. The van der Waals surface area contributed by atoms with E-state index in [0.29, 0.717) is 19.1 Å². The van der Waals surface area contributed by atoms with Crippen LogP contribution in [0, 0.1) is 11.8 Å². The normalized spacial score (nSPS) is 24.6. The van der Waals surface area contributed by atoms with Gasteiger partial charge < -0.3 is 10.1 Å². The zero-order chi connectivity index (χ0) is 16.9. The van der Waals surface area contributed by atoms with Crippen LogP contribution in [0.4, 0.5) is 0 Å². The molecule has 1 aromatic carbocycles. The van der Waals surface area contributed by atoms with Crippen molar-refractivity contribution in [3.8, 4) is 0 Å². The fourth-order valence-electron chi connectivity index (χ4n) is 3.91. The lowest BCUT2D eigenvalue weighted by molar-refractivity contribution is -0.127. The summed E-state index contributed by atoms with van der Waals surface area (Å²) in [6.07, 6.45) is 3.53.